The van der Waals surface area contributed by atoms with Gasteiger partial charge >= 0.3 is 17.3 Å². The first-order valence-corrected chi connectivity index (χ1v) is 10.3. The van der Waals surface area contributed by atoms with Crippen molar-refractivity contribution < 1.29 is 32.4 Å². The Balaban J connectivity index is 1.87. The third-order valence-electron chi connectivity index (χ3n) is 4.65. The molecule has 3 aromatic carbocycles. The van der Waals surface area contributed by atoms with Crippen LogP contribution in [0.1, 0.15) is 5.56 Å². The zero-order valence-electron chi connectivity index (χ0n) is 15.4. The number of hydrogen-bond acceptors (Lipinski definition) is 6. The van der Waals surface area contributed by atoms with Gasteiger partial charge in [-0.25, -0.2) is 13.4 Å². The van der Waals surface area contributed by atoms with E-state index >= 15 is 4.39 Å². The number of rotatable bonds is 5. The summed E-state index contributed by atoms with van der Waals surface area (Å²) in [7, 11) is -6.13. The van der Waals surface area contributed by atoms with Crippen molar-refractivity contribution >= 4 is 45.2 Å². The lowest BCUT2D eigenvalue weighted by Crippen LogP contribution is -2.31. The Morgan fingerprint density at radius 2 is 1.87 bits per heavy atom. The van der Waals surface area contributed by atoms with Gasteiger partial charge in [-0.2, -0.15) is 8.42 Å². The summed E-state index contributed by atoms with van der Waals surface area (Å²) >= 11 is 0. The van der Waals surface area contributed by atoms with E-state index in [-0.39, 0.29) is 23.2 Å². The number of carbonyl (C=O) groups is 1. The fourth-order valence-corrected chi connectivity index (χ4v) is 4.38. The predicted molar refractivity (Wildman–Crippen MR) is 109 cm³/mol. The molecule has 8 nitrogen and oxygen atoms in total. The van der Waals surface area contributed by atoms with Crippen LogP contribution in [0.4, 0.5) is 10.1 Å². The molecular formula is C19H16BFN2O6S. The first-order valence-electron chi connectivity index (χ1n) is 8.88. The van der Waals surface area contributed by atoms with Gasteiger partial charge in [0.25, 0.3) is 5.91 Å². The molecule has 1 aliphatic rings. The Kier molecular flexibility index (Phi) is 5.10. The van der Waals surface area contributed by atoms with Crippen LogP contribution in [0, 0.1) is 5.82 Å². The van der Waals surface area contributed by atoms with Crippen molar-refractivity contribution in [3.63, 3.8) is 0 Å². The van der Waals surface area contributed by atoms with Crippen molar-refractivity contribution in [2.45, 2.75) is 6.61 Å². The second-order valence-corrected chi connectivity index (χ2v) is 8.30. The lowest BCUT2D eigenvalue weighted by molar-refractivity contribution is -0.117. The van der Waals surface area contributed by atoms with Gasteiger partial charge in [0, 0.05) is 5.39 Å². The van der Waals surface area contributed by atoms with E-state index in [9.17, 15) is 23.3 Å². The Hall–Kier alpha value is -3.15. The summed E-state index contributed by atoms with van der Waals surface area (Å²) in [4.78, 5) is 11.7. The maximum absolute atomic E-state index is 15.5. The molecule has 1 amide bonds. The quantitative estimate of drug-likeness (QED) is 0.506. The van der Waals surface area contributed by atoms with E-state index in [0.29, 0.717) is 9.69 Å². The summed E-state index contributed by atoms with van der Waals surface area (Å²) in [6.07, 6.45) is 0. The monoisotopic (exact) mass is 430 g/mol. The van der Waals surface area contributed by atoms with Crippen molar-refractivity contribution in [3.8, 4) is 5.75 Å². The van der Waals surface area contributed by atoms with Crippen molar-refractivity contribution in [2.75, 3.05) is 10.8 Å². The third kappa shape index (κ3) is 3.70. The Labute approximate surface area is 171 Å². The smallest absolute Gasteiger partial charge is 0.487 e. The van der Waals surface area contributed by atoms with Crippen molar-refractivity contribution in [1.29, 1.82) is 0 Å². The summed E-state index contributed by atoms with van der Waals surface area (Å²) in [5.41, 5.74) is 0.381. The largest absolute Gasteiger partial charge is 0.488 e. The lowest BCUT2D eigenvalue weighted by atomic mass is 9.79. The number of carbonyl (C=O) groups excluding carboxylic acids is 1. The van der Waals surface area contributed by atoms with Gasteiger partial charge in [0.2, 0.25) is 0 Å². The SMILES string of the molecule is O=C1CN(c2c(OCc3ccccc3)cc3ccc(B(O)O)cc3c2F)S(=O)(=O)N1. The number of benzene rings is 3. The van der Waals surface area contributed by atoms with E-state index in [4.69, 9.17) is 4.74 Å². The van der Waals surface area contributed by atoms with Gasteiger partial charge < -0.3 is 14.8 Å². The molecule has 1 aliphatic heterocycles. The number of nitrogens with one attached hydrogen (secondary N) is 1. The molecule has 1 fully saturated rings. The fourth-order valence-electron chi connectivity index (χ4n) is 3.22. The molecule has 0 atom stereocenters. The number of anilines is 1. The minimum Gasteiger partial charge on any atom is -0.487 e. The minimum atomic E-state index is -4.30. The molecule has 154 valence electrons. The van der Waals surface area contributed by atoms with Crippen LogP contribution < -0.4 is 19.2 Å². The highest BCUT2D eigenvalue weighted by atomic mass is 32.2. The van der Waals surface area contributed by atoms with E-state index < -0.39 is 41.3 Å². The van der Waals surface area contributed by atoms with Crippen LogP contribution in [0.5, 0.6) is 5.75 Å². The topological polar surface area (TPSA) is 116 Å². The number of hydrogen-bond donors (Lipinski definition) is 3. The molecular weight excluding hydrogens is 414 g/mol. The van der Waals surface area contributed by atoms with Crippen molar-refractivity contribution in [2.24, 2.45) is 0 Å². The van der Waals surface area contributed by atoms with Crippen LogP contribution in [0.2, 0.25) is 0 Å². The molecule has 1 saturated heterocycles. The van der Waals surface area contributed by atoms with Gasteiger partial charge in [-0.15, -0.1) is 0 Å². The number of fused-ring (bicyclic) bond motifs is 1. The van der Waals surface area contributed by atoms with E-state index in [1.807, 2.05) is 6.07 Å². The Morgan fingerprint density at radius 1 is 1.13 bits per heavy atom. The van der Waals surface area contributed by atoms with Crippen molar-refractivity contribution in [1.82, 2.24) is 4.72 Å². The van der Waals surface area contributed by atoms with Crippen LogP contribution in [-0.2, 0) is 21.6 Å². The minimum absolute atomic E-state index is 0.0313. The van der Waals surface area contributed by atoms with Gasteiger partial charge in [-0.1, -0.05) is 48.5 Å². The van der Waals surface area contributed by atoms with Gasteiger partial charge in [0.05, 0.1) is 0 Å². The average Bonchev–Trinajstić information content (AvgIpc) is 2.98. The molecule has 0 radical (unpaired) electrons. The number of halogens is 1. The Morgan fingerprint density at radius 3 is 2.50 bits per heavy atom. The van der Waals surface area contributed by atoms with E-state index in [0.717, 1.165) is 5.56 Å². The maximum Gasteiger partial charge on any atom is 0.488 e. The van der Waals surface area contributed by atoms with Crippen LogP contribution in [0.3, 0.4) is 0 Å². The zero-order chi connectivity index (χ0) is 21.5. The zero-order valence-corrected chi connectivity index (χ0v) is 16.3. The van der Waals surface area contributed by atoms with Crippen LogP contribution in [-0.4, -0.2) is 38.0 Å². The average molecular weight is 430 g/mol. The maximum atomic E-state index is 15.5. The molecule has 0 aromatic heterocycles. The highest BCUT2D eigenvalue weighted by molar-refractivity contribution is 7.92. The molecule has 0 saturated carbocycles. The van der Waals surface area contributed by atoms with Crippen LogP contribution >= 0.6 is 0 Å². The highest BCUT2D eigenvalue weighted by Crippen LogP contribution is 2.39. The van der Waals surface area contributed by atoms with Gasteiger partial charge in [0.15, 0.2) is 5.82 Å². The summed E-state index contributed by atoms with van der Waals surface area (Å²) in [6.45, 7) is -0.559. The third-order valence-corrected chi connectivity index (χ3v) is 6.02. The summed E-state index contributed by atoms with van der Waals surface area (Å²) in [5.74, 6) is -1.83. The summed E-state index contributed by atoms with van der Waals surface area (Å²) in [5, 5.41) is 19.1. The molecule has 0 aliphatic carbocycles. The lowest BCUT2D eigenvalue weighted by Gasteiger charge is -2.21. The molecule has 0 bridgehead atoms. The molecule has 30 heavy (non-hydrogen) atoms. The molecule has 3 N–H and O–H groups in total. The fraction of sp³-hybridized carbons (Fsp3) is 0.105. The Bertz CT molecular complexity index is 1240. The molecule has 1 heterocycles. The molecule has 0 spiro atoms. The van der Waals surface area contributed by atoms with E-state index in [1.165, 1.54) is 24.3 Å². The summed E-state index contributed by atoms with van der Waals surface area (Å²) < 4.78 is 48.4. The predicted octanol–water partition coefficient (Wildman–Crippen LogP) is 0.419. The normalized spacial score (nSPS) is 15.3. The van der Waals surface area contributed by atoms with E-state index in [1.54, 1.807) is 29.0 Å². The highest BCUT2D eigenvalue weighted by Gasteiger charge is 2.38. The van der Waals surface area contributed by atoms with Gasteiger partial charge in [-0.05, 0) is 22.5 Å². The molecule has 11 heteroatoms. The second kappa shape index (κ2) is 7.60. The van der Waals surface area contributed by atoms with Crippen LogP contribution in [0.25, 0.3) is 10.8 Å². The first-order chi connectivity index (χ1) is 14.3. The summed E-state index contributed by atoms with van der Waals surface area (Å²) in [6, 6.07) is 14.5. The van der Waals surface area contributed by atoms with E-state index in [2.05, 4.69) is 0 Å². The first kappa shape index (κ1) is 20.1. The number of nitrogens with zero attached hydrogens (tertiary/aromatic N) is 1. The van der Waals surface area contributed by atoms with Gasteiger partial charge in [-0.3, -0.25) is 4.79 Å². The number of ether oxygens (including phenoxy) is 1. The standard InChI is InChI=1S/C19H16BFN2O6S/c21-18-15-9-14(20(25)26)7-6-13(15)8-16(29-11-12-4-2-1-3-5-12)19(18)23-10-17(24)22-30(23,27)28/h1-9,25-26H,10-11H2,(H,22,24). The van der Waals surface area contributed by atoms with Gasteiger partial charge in [0.1, 0.15) is 24.6 Å². The van der Waals surface area contributed by atoms with Crippen LogP contribution in [0.15, 0.2) is 54.6 Å². The molecule has 0 unspecified atom stereocenters. The molecule has 4 rings (SSSR count). The second-order valence-electron chi connectivity index (χ2n) is 6.70. The van der Waals surface area contributed by atoms with Crippen molar-refractivity contribution in [3.05, 3.63) is 66.0 Å². The molecule has 3 aromatic rings. The number of amides is 1.